The molecular formula is C35H27ClN4O4S2. The second kappa shape index (κ2) is 12.0. The number of anilines is 1. The number of aromatic nitrogens is 2. The van der Waals surface area contributed by atoms with Gasteiger partial charge < -0.3 is 5.32 Å². The summed E-state index contributed by atoms with van der Waals surface area (Å²) >= 11 is 9.03. The zero-order valence-corrected chi connectivity index (χ0v) is 27.3. The lowest BCUT2D eigenvalue weighted by atomic mass is 9.89. The molecule has 0 aliphatic heterocycles. The van der Waals surface area contributed by atoms with Gasteiger partial charge in [0.1, 0.15) is 4.83 Å². The van der Waals surface area contributed by atoms with E-state index in [1.165, 1.54) is 32.9 Å². The first kappa shape index (κ1) is 30.2. The van der Waals surface area contributed by atoms with E-state index in [1.807, 2.05) is 49.4 Å². The largest absolute Gasteiger partial charge is 0.322 e. The van der Waals surface area contributed by atoms with Crippen LogP contribution in [0.1, 0.15) is 39.7 Å². The summed E-state index contributed by atoms with van der Waals surface area (Å²) in [5.74, 6) is 0.0474. The zero-order chi connectivity index (χ0) is 32.1. The number of nitrogens with one attached hydrogen (secondary N) is 1. The monoisotopic (exact) mass is 666 g/mol. The van der Waals surface area contributed by atoms with E-state index in [0.29, 0.717) is 32.5 Å². The minimum absolute atomic E-state index is 0.135. The molecule has 4 aromatic carbocycles. The number of benzene rings is 4. The molecule has 0 radical (unpaired) electrons. The first-order chi connectivity index (χ1) is 22.2. The summed E-state index contributed by atoms with van der Waals surface area (Å²) < 4.78 is 1.49. The summed E-state index contributed by atoms with van der Waals surface area (Å²) in [6.07, 6.45) is 2.70. The van der Waals surface area contributed by atoms with E-state index in [4.69, 9.17) is 16.6 Å². The molecule has 7 rings (SSSR count). The van der Waals surface area contributed by atoms with Gasteiger partial charge in [0.2, 0.25) is 0 Å². The van der Waals surface area contributed by atoms with Crippen LogP contribution in [0.15, 0.2) is 93.7 Å². The van der Waals surface area contributed by atoms with Crippen LogP contribution in [0.25, 0.3) is 26.7 Å². The molecule has 6 aromatic rings. The first-order valence-electron chi connectivity index (χ1n) is 14.8. The fourth-order valence-electron chi connectivity index (χ4n) is 5.84. The van der Waals surface area contributed by atoms with Gasteiger partial charge >= 0.3 is 0 Å². The molecule has 1 unspecified atom stereocenters. The maximum atomic E-state index is 14.3. The van der Waals surface area contributed by atoms with Crippen molar-refractivity contribution in [2.75, 3.05) is 5.32 Å². The van der Waals surface area contributed by atoms with E-state index in [9.17, 15) is 19.7 Å². The molecule has 1 aliphatic carbocycles. The van der Waals surface area contributed by atoms with Gasteiger partial charge in [0.15, 0.2) is 5.16 Å². The van der Waals surface area contributed by atoms with E-state index in [1.54, 1.807) is 24.3 Å². The third kappa shape index (κ3) is 5.57. The van der Waals surface area contributed by atoms with Crippen LogP contribution in [0.4, 0.5) is 11.4 Å². The Morgan fingerprint density at radius 3 is 2.67 bits per heavy atom. The fraction of sp³-hybridized carbons (Fsp3) is 0.171. The number of amides is 1. The number of nitro benzene ring substituents is 1. The molecule has 0 fully saturated rings. The zero-order valence-electron chi connectivity index (χ0n) is 24.9. The summed E-state index contributed by atoms with van der Waals surface area (Å²) in [7, 11) is 0. The molecule has 0 bridgehead atoms. The van der Waals surface area contributed by atoms with Gasteiger partial charge in [-0.2, -0.15) is 0 Å². The molecular weight excluding hydrogens is 640 g/mol. The number of rotatable bonds is 6. The molecule has 0 spiro atoms. The fourth-order valence-corrected chi connectivity index (χ4v) is 8.44. The van der Waals surface area contributed by atoms with E-state index >= 15 is 0 Å². The van der Waals surface area contributed by atoms with Crippen LogP contribution in [0.2, 0.25) is 5.02 Å². The van der Waals surface area contributed by atoms with Crippen molar-refractivity contribution in [3.05, 3.63) is 126 Å². The quantitative estimate of drug-likeness (QED) is 0.108. The highest BCUT2D eigenvalue weighted by Crippen LogP contribution is 2.40. The number of halogens is 1. The van der Waals surface area contributed by atoms with E-state index in [-0.39, 0.29) is 26.9 Å². The Bertz CT molecular complexity index is 2280. The average molecular weight is 667 g/mol. The van der Waals surface area contributed by atoms with Crippen molar-refractivity contribution in [3.63, 3.8) is 0 Å². The number of aryl methyl sites for hydroxylation is 2. The van der Waals surface area contributed by atoms with Gasteiger partial charge in [-0.1, -0.05) is 54.9 Å². The van der Waals surface area contributed by atoms with Crippen molar-refractivity contribution in [1.82, 2.24) is 9.55 Å². The second-order valence-corrected chi connectivity index (χ2v) is 14.1. The predicted molar refractivity (Wildman–Crippen MR) is 185 cm³/mol. The molecule has 46 heavy (non-hydrogen) atoms. The maximum absolute atomic E-state index is 14.3. The van der Waals surface area contributed by atoms with Gasteiger partial charge in [-0.15, -0.1) is 11.3 Å². The number of carbonyl (C=O) groups excluding carboxylic acids is 1. The number of nitrogens with zero attached hydrogens (tertiary/aromatic N) is 3. The smallest absolute Gasteiger partial charge is 0.284 e. The lowest BCUT2D eigenvalue weighted by Gasteiger charge is -2.18. The summed E-state index contributed by atoms with van der Waals surface area (Å²) in [4.78, 5) is 46.2. The van der Waals surface area contributed by atoms with Crippen molar-refractivity contribution in [2.24, 2.45) is 5.92 Å². The SMILES string of the molecule is Cc1ccc(-n2c(Sc3ccc(C(=O)Nc4ccc5ccccc5c4)cc3[N+](=O)[O-])nc3sc4c(c3c2=O)CCC(C)C4)cc1Cl. The number of fused-ring (bicyclic) bond motifs is 4. The third-order valence-electron chi connectivity index (χ3n) is 8.34. The lowest BCUT2D eigenvalue weighted by molar-refractivity contribution is -0.387. The predicted octanol–water partition coefficient (Wildman–Crippen LogP) is 9.00. The summed E-state index contributed by atoms with van der Waals surface area (Å²) in [5.41, 5.74) is 2.65. The molecule has 0 saturated carbocycles. The average Bonchev–Trinajstić information content (AvgIpc) is 3.40. The number of thiophene rings is 1. The normalized spacial score (nSPS) is 14.4. The van der Waals surface area contributed by atoms with Crippen molar-refractivity contribution in [2.45, 2.75) is 43.2 Å². The van der Waals surface area contributed by atoms with Crippen LogP contribution >= 0.6 is 34.7 Å². The van der Waals surface area contributed by atoms with Crippen LogP contribution < -0.4 is 10.9 Å². The summed E-state index contributed by atoms with van der Waals surface area (Å²) in [6, 6.07) is 23.0. The highest BCUT2D eigenvalue weighted by molar-refractivity contribution is 7.99. The van der Waals surface area contributed by atoms with Crippen molar-refractivity contribution < 1.29 is 9.72 Å². The van der Waals surface area contributed by atoms with Crippen LogP contribution in [-0.2, 0) is 12.8 Å². The van der Waals surface area contributed by atoms with Crippen LogP contribution in [0.3, 0.4) is 0 Å². The number of carbonyl (C=O) groups is 1. The number of hydrogen-bond donors (Lipinski definition) is 1. The standard InChI is InChI=1S/C35H27ClN4O4S2/c1-19-7-13-26-30(15-19)45-33-31(26)34(42)39(25-12-8-20(2)27(36)18-25)35(38-33)46-29-14-10-23(17-28(29)40(43)44)32(41)37-24-11-9-21-5-3-4-6-22(21)16-24/h3-6,8-12,14,16-19H,7,13,15H2,1-2H3,(H,37,41). The topological polar surface area (TPSA) is 107 Å². The third-order valence-corrected chi connectivity index (χ3v) is 10.9. The molecule has 1 amide bonds. The Kier molecular flexibility index (Phi) is 7.88. The molecule has 230 valence electrons. The minimum atomic E-state index is -0.524. The highest BCUT2D eigenvalue weighted by atomic mass is 35.5. The van der Waals surface area contributed by atoms with E-state index < -0.39 is 10.8 Å². The molecule has 1 aliphatic rings. The molecule has 2 heterocycles. The second-order valence-electron chi connectivity index (χ2n) is 11.6. The van der Waals surface area contributed by atoms with Gasteiger partial charge in [-0.25, -0.2) is 4.98 Å². The van der Waals surface area contributed by atoms with Crippen molar-refractivity contribution >= 4 is 73.0 Å². The van der Waals surface area contributed by atoms with E-state index in [0.717, 1.165) is 52.9 Å². The Labute approximate surface area is 277 Å². The van der Waals surface area contributed by atoms with Crippen LogP contribution in [-0.4, -0.2) is 20.4 Å². The highest BCUT2D eigenvalue weighted by Gasteiger charge is 2.27. The molecule has 1 N–H and O–H groups in total. The Morgan fingerprint density at radius 2 is 1.89 bits per heavy atom. The van der Waals surface area contributed by atoms with E-state index in [2.05, 4.69) is 12.2 Å². The van der Waals surface area contributed by atoms with Gasteiger partial charge in [0.05, 0.1) is 20.9 Å². The van der Waals surface area contributed by atoms with Gasteiger partial charge in [0, 0.05) is 27.2 Å². The number of nitro groups is 1. The Hall–Kier alpha value is -4.51. The summed E-state index contributed by atoms with van der Waals surface area (Å²) in [6.45, 7) is 4.09. The maximum Gasteiger partial charge on any atom is 0.284 e. The molecule has 11 heteroatoms. The van der Waals surface area contributed by atoms with Gasteiger partial charge in [-0.05, 0) is 102 Å². The van der Waals surface area contributed by atoms with Crippen LogP contribution in [0, 0.1) is 23.0 Å². The van der Waals surface area contributed by atoms with Gasteiger partial charge in [0.25, 0.3) is 17.2 Å². The Morgan fingerprint density at radius 1 is 1.09 bits per heavy atom. The molecule has 1 atom stereocenters. The first-order valence-corrected chi connectivity index (χ1v) is 16.8. The number of hydrogen-bond acceptors (Lipinski definition) is 7. The Balaban J connectivity index is 1.29. The van der Waals surface area contributed by atoms with Crippen molar-refractivity contribution in [1.29, 1.82) is 0 Å². The van der Waals surface area contributed by atoms with Crippen LogP contribution in [0.5, 0.6) is 0 Å². The lowest BCUT2D eigenvalue weighted by Crippen LogP contribution is -2.22. The molecule has 2 aromatic heterocycles. The van der Waals surface area contributed by atoms with Gasteiger partial charge in [-0.3, -0.25) is 24.3 Å². The van der Waals surface area contributed by atoms with Crippen molar-refractivity contribution in [3.8, 4) is 5.69 Å². The summed E-state index contributed by atoms with van der Waals surface area (Å²) in [5, 5.41) is 18.5. The molecule has 0 saturated heterocycles. The molecule has 8 nitrogen and oxygen atoms in total. The minimum Gasteiger partial charge on any atom is -0.322 e.